The third-order valence-corrected chi connectivity index (χ3v) is 4.08. The lowest BCUT2D eigenvalue weighted by atomic mass is 10.2. The Kier molecular flexibility index (Phi) is 7.55. The number of nitrogens with one attached hydrogen (secondary N) is 3. The summed E-state index contributed by atoms with van der Waals surface area (Å²) < 4.78 is 0.960. The minimum Gasteiger partial charge on any atom is -0.349 e. The lowest BCUT2D eigenvalue weighted by molar-refractivity contribution is -0.881. The summed E-state index contributed by atoms with van der Waals surface area (Å²) in [5.41, 5.74) is 1.87. The second kappa shape index (κ2) is 8.90. The van der Waals surface area contributed by atoms with Crippen LogP contribution in [0.15, 0.2) is 22.7 Å². The SMILES string of the molecule is CC[NH+](CC(=O)Nc1ccc(C)c(Br)c1)CC(=O)NC(C)C. The Bertz CT molecular complexity index is 532. The van der Waals surface area contributed by atoms with Crippen LogP contribution >= 0.6 is 15.9 Å². The number of hydrogen-bond donors (Lipinski definition) is 3. The molecule has 122 valence electrons. The van der Waals surface area contributed by atoms with E-state index in [9.17, 15) is 9.59 Å². The summed E-state index contributed by atoms with van der Waals surface area (Å²) >= 11 is 3.45. The molecular weight excluding hydrogens is 346 g/mol. The fourth-order valence-corrected chi connectivity index (χ4v) is 2.39. The summed E-state index contributed by atoms with van der Waals surface area (Å²) in [6.07, 6.45) is 0. The predicted octanol–water partition coefficient (Wildman–Crippen LogP) is 1.13. The van der Waals surface area contributed by atoms with E-state index in [1.807, 2.05) is 45.9 Å². The van der Waals surface area contributed by atoms with Gasteiger partial charge in [0.15, 0.2) is 13.1 Å². The van der Waals surface area contributed by atoms with Crippen molar-refractivity contribution in [3.8, 4) is 0 Å². The van der Waals surface area contributed by atoms with Gasteiger partial charge in [-0.25, -0.2) is 0 Å². The number of anilines is 1. The second-order valence-electron chi connectivity index (χ2n) is 5.69. The molecule has 1 aromatic rings. The largest absolute Gasteiger partial charge is 0.349 e. The van der Waals surface area contributed by atoms with Crippen LogP contribution in [-0.2, 0) is 9.59 Å². The molecule has 2 amide bonds. The first-order valence-electron chi connectivity index (χ1n) is 7.50. The van der Waals surface area contributed by atoms with Crippen LogP contribution in [0, 0.1) is 6.92 Å². The molecule has 0 aliphatic heterocycles. The van der Waals surface area contributed by atoms with E-state index in [0.29, 0.717) is 6.54 Å². The van der Waals surface area contributed by atoms with Crippen molar-refractivity contribution in [2.24, 2.45) is 0 Å². The van der Waals surface area contributed by atoms with Crippen LogP contribution < -0.4 is 15.5 Å². The molecular formula is C16H25BrN3O2+. The van der Waals surface area contributed by atoms with Gasteiger partial charge in [-0.05, 0) is 45.4 Å². The molecule has 0 aliphatic carbocycles. The van der Waals surface area contributed by atoms with E-state index in [1.54, 1.807) is 0 Å². The van der Waals surface area contributed by atoms with E-state index in [-0.39, 0.29) is 24.4 Å². The van der Waals surface area contributed by atoms with Gasteiger partial charge in [0.05, 0.1) is 6.54 Å². The van der Waals surface area contributed by atoms with Gasteiger partial charge in [-0.2, -0.15) is 0 Å². The number of quaternary nitrogens is 1. The Hall–Kier alpha value is -1.40. The van der Waals surface area contributed by atoms with Gasteiger partial charge in [-0.15, -0.1) is 0 Å². The van der Waals surface area contributed by atoms with Crippen molar-refractivity contribution in [3.05, 3.63) is 28.2 Å². The van der Waals surface area contributed by atoms with Crippen molar-refractivity contribution in [1.29, 1.82) is 0 Å². The molecule has 1 aromatic carbocycles. The zero-order valence-electron chi connectivity index (χ0n) is 13.6. The maximum atomic E-state index is 12.1. The second-order valence-corrected chi connectivity index (χ2v) is 6.55. The molecule has 1 rings (SSSR count). The number of aryl methyl sites for hydroxylation is 1. The lowest BCUT2D eigenvalue weighted by Crippen LogP contribution is -3.14. The maximum absolute atomic E-state index is 12.1. The highest BCUT2D eigenvalue weighted by atomic mass is 79.9. The number of carbonyl (C=O) groups is 2. The molecule has 0 radical (unpaired) electrons. The smallest absolute Gasteiger partial charge is 0.279 e. The van der Waals surface area contributed by atoms with Crippen molar-refractivity contribution in [2.75, 3.05) is 25.0 Å². The minimum atomic E-state index is -0.0926. The van der Waals surface area contributed by atoms with Crippen molar-refractivity contribution in [2.45, 2.75) is 33.7 Å². The molecule has 1 atom stereocenters. The van der Waals surface area contributed by atoms with E-state index in [2.05, 4.69) is 26.6 Å². The molecule has 0 bridgehead atoms. The van der Waals surface area contributed by atoms with Crippen LogP contribution in [0.3, 0.4) is 0 Å². The number of rotatable bonds is 7. The third-order valence-electron chi connectivity index (χ3n) is 3.23. The standard InChI is InChI=1S/C16H24BrN3O2/c1-5-20(9-15(21)18-11(2)3)10-16(22)19-13-7-6-12(4)14(17)8-13/h6-8,11H,5,9-10H2,1-4H3,(H,18,21)(H,19,22)/p+1. The average Bonchev–Trinajstić information content (AvgIpc) is 2.41. The average molecular weight is 371 g/mol. The summed E-state index contributed by atoms with van der Waals surface area (Å²) in [6.45, 7) is 9.10. The number of halogens is 1. The molecule has 3 N–H and O–H groups in total. The minimum absolute atomic E-state index is 0.0299. The number of benzene rings is 1. The quantitative estimate of drug-likeness (QED) is 0.673. The molecule has 0 fully saturated rings. The molecule has 0 aromatic heterocycles. The third kappa shape index (κ3) is 6.58. The van der Waals surface area contributed by atoms with Gasteiger partial charge in [-0.3, -0.25) is 9.59 Å². The molecule has 0 heterocycles. The summed E-state index contributed by atoms with van der Waals surface area (Å²) in [4.78, 5) is 24.8. The molecule has 0 aliphatic rings. The van der Waals surface area contributed by atoms with Crippen LogP contribution in [0.25, 0.3) is 0 Å². The first kappa shape index (κ1) is 18.6. The number of carbonyl (C=O) groups excluding carboxylic acids is 2. The maximum Gasteiger partial charge on any atom is 0.279 e. The van der Waals surface area contributed by atoms with Crippen molar-refractivity contribution in [3.63, 3.8) is 0 Å². The Morgan fingerprint density at radius 2 is 1.86 bits per heavy atom. The monoisotopic (exact) mass is 370 g/mol. The van der Waals surface area contributed by atoms with Crippen LogP contribution in [0.2, 0.25) is 0 Å². The Morgan fingerprint density at radius 3 is 2.41 bits per heavy atom. The Morgan fingerprint density at radius 1 is 1.23 bits per heavy atom. The summed E-state index contributed by atoms with van der Waals surface area (Å²) in [5, 5.41) is 5.71. The van der Waals surface area contributed by atoms with Crippen molar-refractivity contribution in [1.82, 2.24) is 5.32 Å². The number of hydrogen-bond acceptors (Lipinski definition) is 2. The molecule has 5 nitrogen and oxygen atoms in total. The van der Waals surface area contributed by atoms with Crippen LogP contribution in [-0.4, -0.2) is 37.5 Å². The topological polar surface area (TPSA) is 62.6 Å². The van der Waals surface area contributed by atoms with Gasteiger partial charge in [0, 0.05) is 16.2 Å². The van der Waals surface area contributed by atoms with Gasteiger partial charge in [0.2, 0.25) is 0 Å². The predicted molar refractivity (Wildman–Crippen MR) is 92.0 cm³/mol. The van der Waals surface area contributed by atoms with Crippen LogP contribution in [0.1, 0.15) is 26.3 Å². The van der Waals surface area contributed by atoms with E-state index in [1.165, 1.54) is 0 Å². The zero-order chi connectivity index (χ0) is 16.7. The van der Waals surface area contributed by atoms with E-state index in [0.717, 1.165) is 27.2 Å². The van der Waals surface area contributed by atoms with E-state index >= 15 is 0 Å². The van der Waals surface area contributed by atoms with Crippen LogP contribution in [0.4, 0.5) is 5.69 Å². The fourth-order valence-electron chi connectivity index (χ4n) is 2.02. The molecule has 0 spiro atoms. The van der Waals surface area contributed by atoms with Crippen molar-refractivity contribution >= 4 is 33.4 Å². The summed E-state index contributed by atoms with van der Waals surface area (Å²) in [6, 6.07) is 5.81. The van der Waals surface area contributed by atoms with Gasteiger partial charge in [0.1, 0.15) is 0 Å². The van der Waals surface area contributed by atoms with E-state index < -0.39 is 0 Å². The summed E-state index contributed by atoms with van der Waals surface area (Å²) in [5.74, 6) is -0.123. The Balaban J connectivity index is 2.54. The van der Waals surface area contributed by atoms with Gasteiger partial charge in [-0.1, -0.05) is 22.0 Å². The van der Waals surface area contributed by atoms with Crippen molar-refractivity contribution < 1.29 is 14.5 Å². The van der Waals surface area contributed by atoms with Gasteiger partial charge in [0.25, 0.3) is 11.8 Å². The zero-order valence-corrected chi connectivity index (χ0v) is 15.2. The molecule has 6 heteroatoms. The van der Waals surface area contributed by atoms with E-state index in [4.69, 9.17) is 0 Å². The van der Waals surface area contributed by atoms with Gasteiger partial charge >= 0.3 is 0 Å². The molecule has 0 saturated carbocycles. The highest BCUT2D eigenvalue weighted by Gasteiger charge is 2.17. The highest BCUT2D eigenvalue weighted by Crippen LogP contribution is 2.20. The fraction of sp³-hybridized carbons (Fsp3) is 0.500. The van der Waals surface area contributed by atoms with Crippen LogP contribution in [0.5, 0.6) is 0 Å². The van der Waals surface area contributed by atoms with Gasteiger partial charge < -0.3 is 15.5 Å². The molecule has 1 unspecified atom stereocenters. The normalized spacial score (nSPS) is 12.1. The number of likely N-dealkylation sites (N-methyl/N-ethyl adjacent to an activating group) is 1. The number of amides is 2. The molecule has 0 saturated heterocycles. The first-order valence-corrected chi connectivity index (χ1v) is 8.30. The highest BCUT2D eigenvalue weighted by molar-refractivity contribution is 9.10. The lowest BCUT2D eigenvalue weighted by Gasteiger charge is -2.18. The first-order chi connectivity index (χ1) is 10.3. The molecule has 22 heavy (non-hydrogen) atoms. The Labute approximate surface area is 140 Å². The summed E-state index contributed by atoms with van der Waals surface area (Å²) in [7, 11) is 0.